The van der Waals surface area contributed by atoms with Crippen molar-refractivity contribution < 1.29 is 38.7 Å². The van der Waals surface area contributed by atoms with Crippen LogP contribution >= 0.6 is 0 Å². The van der Waals surface area contributed by atoms with Crippen LogP contribution in [0.2, 0.25) is 0 Å². The average Bonchev–Trinajstić information content (AvgIpc) is 3.47. The molecule has 0 radical (unpaired) electrons. The molecule has 0 saturated carbocycles. The Morgan fingerprint density at radius 2 is 1.59 bits per heavy atom. The van der Waals surface area contributed by atoms with E-state index in [1.54, 1.807) is 0 Å². The fourth-order valence-electron chi connectivity index (χ4n) is 0.655. The lowest BCUT2D eigenvalue weighted by molar-refractivity contribution is -0.138. The van der Waals surface area contributed by atoms with Crippen LogP contribution < -0.4 is 0 Å². The second kappa shape index (κ2) is 15.6. The van der Waals surface area contributed by atoms with Gasteiger partial charge in [-0.3, -0.25) is 0 Å². The summed E-state index contributed by atoms with van der Waals surface area (Å²) >= 11 is 0. The number of aliphatic hydroxyl groups excluding tert-OH is 2. The summed E-state index contributed by atoms with van der Waals surface area (Å²) in [4.78, 5) is 20.2. The van der Waals surface area contributed by atoms with Crippen LogP contribution in [-0.2, 0) is 28.5 Å². The SMILES string of the molecule is C=CC(=O)OC.C=CC(=O)OCC1CO1.CO.OCC1CO1. The van der Waals surface area contributed by atoms with Gasteiger partial charge < -0.3 is 29.2 Å². The van der Waals surface area contributed by atoms with Crippen LogP contribution in [0.15, 0.2) is 25.3 Å². The van der Waals surface area contributed by atoms with Crippen molar-refractivity contribution in [1.29, 1.82) is 0 Å². The van der Waals surface area contributed by atoms with Gasteiger partial charge in [0.25, 0.3) is 0 Å². The normalized spacial score (nSPS) is 19.3. The van der Waals surface area contributed by atoms with Gasteiger partial charge in [-0.2, -0.15) is 0 Å². The van der Waals surface area contributed by atoms with E-state index in [1.807, 2.05) is 0 Å². The molecule has 0 bridgehead atoms. The first kappa shape index (κ1) is 22.5. The van der Waals surface area contributed by atoms with Crippen LogP contribution in [-0.4, -0.2) is 75.0 Å². The van der Waals surface area contributed by atoms with Gasteiger partial charge in [-0.1, -0.05) is 13.2 Å². The van der Waals surface area contributed by atoms with Crippen molar-refractivity contribution >= 4 is 11.9 Å². The molecule has 22 heavy (non-hydrogen) atoms. The monoisotopic (exact) mass is 320 g/mol. The molecule has 0 aliphatic carbocycles. The van der Waals surface area contributed by atoms with Gasteiger partial charge in [0.2, 0.25) is 0 Å². The first-order valence-corrected chi connectivity index (χ1v) is 6.35. The van der Waals surface area contributed by atoms with Crippen molar-refractivity contribution in [3.8, 4) is 0 Å². The van der Waals surface area contributed by atoms with E-state index < -0.39 is 5.97 Å². The Hall–Kier alpha value is -1.74. The Morgan fingerprint density at radius 3 is 1.77 bits per heavy atom. The van der Waals surface area contributed by atoms with Crippen LogP contribution in [0.25, 0.3) is 0 Å². The van der Waals surface area contributed by atoms with E-state index in [9.17, 15) is 9.59 Å². The van der Waals surface area contributed by atoms with E-state index in [-0.39, 0.29) is 24.8 Å². The number of ether oxygens (including phenoxy) is 4. The molecule has 2 heterocycles. The van der Waals surface area contributed by atoms with Crippen molar-refractivity contribution in [2.75, 3.05) is 40.6 Å². The van der Waals surface area contributed by atoms with E-state index >= 15 is 0 Å². The molecule has 2 aliphatic rings. The minimum absolute atomic E-state index is 0.147. The molecule has 0 aromatic heterocycles. The number of hydrogen-bond acceptors (Lipinski definition) is 8. The maximum atomic E-state index is 10.3. The molecule has 2 aliphatic heterocycles. The highest BCUT2D eigenvalue weighted by atomic mass is 16.6. The average molecular weight is 320 g/mol. The Kier molecular flexibility index (Phi) is 16.0. The number of rotatable bonds is 5. The van der Waals surface area contributed by atoms with E-state index in [0.717, 1.165) is 25.9 Å². The third-order valence-corrected chi connectivity index (χ3v) is 1.95. The van der Waals surface area contributed by atoms with Crippen LogP contribution in [0.5, 0.6) is 0 Å². The number of carbonyl (C=O) groups excluding carboxylic acids is 2. The first-order chi connectivity index (χ1) is 10.6. The molecular weight excluding hydrogens is 296 g/mol. The molecule has 2 unspecified atom stereocenters. The highest BCUT2D eigenvalue weighted by Gasteiger charge is 2.23. The summed E-state index contributed by atoms with van der Waals surface area (Å²) in [5, 5.41) is 15.1. The van der Waals surface area contributed by atoms with Crippen LogP contribution in [0.3, 0.4) is 0 Å². The molecule has 2 fully saturated rings. The van der Waals surface area contributed by atoms with Crippen molar-refractivity contribution in [3.63, 3.8) is 0 Å². The molecule has 0 amide bonds. The highest BCUT2D eigenvalue weighted by molar-refractivity contribution is 5.81. The van der Waals surface area contributed by atoms with Gasteiger partial charge >= 0.3 is 11.9 Å². The summed E-state index contributed by atoms with van der Waals surface area (Å²) in [7, 11) is 2.31. The zero-order valence-corrected chi connectivity index (χ0v) is 12.9. The van der Waals surface area contributed by atoms with Crippen LogP contribution in [0, 0.1) is 0 Å². The second-order valence-electron chi connectivity index (χ2n) is 3.65. The van der Waals surface area contributed by atoms with Crippen molar-refractivity contribution in [1.82, 2.24) is 0 Å². The largest absolute Gasteiger partial charge is 0.466 e. The summed E-state index contributed by atoms with van der Waals surface area (Å²) in [5.74, 6) is -0.777. The maximum Gasteiger partial charge on any atom is 0.330 e. The van der Waals surface area contributed by atoms with E-state index in [0.29, 0.717) is 13.2 Å². The van der Waals surface area contributed by atoms with E-state index in [1.165, 1.54) is 7.11 Å². The smallest absolute Gasteiger partial charge is 0.330 e. The number of hydrogen-bond donors (Lipinski definition) is 2. The zero-order chi connectivity index (χ0) is 17.4. The summed E-state index contributed by atoms with van der Waals surface area (Å²) in [6.07, 6.45) is 2.59. The molecule has 0 aromatic carbocycles. The Morgan fingerprint density at radius 1 is 1.14 bits per heavy atom. The van der Waals surface area contributed by atoms with Gasteiger partial charge in [0.15, 0.2) is 0 Å². The lowest BCUT2D eigenvalue weighted by Gasteiger charge is -1.94. The lowest BCUT2D eigenvalue weighted by atomic mass is 10.5. The number of esters is 2. The molecule has 2 rings (SSSR count). The Bertz CT molecular complexity index is 321. The molecule has 2 atom stereocenters. The second-order valence-corrected chi connectivity index (χ2v) is 3.65. The zero-order valence-electron chi connectivity index (χ0n) is 12.9. The predicted octanol–water partition coefficient (Wildman–Crippen LogP) is -0.554. The number of methoxy groups -OCH3 is 1. The summed E-state index contributed by atoms with van der Waals surface area (Å²) in [6, 6.07) is 0. The summed E-state index contributed by atoms with van der Waals surface area (Å²) in [6.45, 7) is 8.43. The molecule has 8 nitrogen and oxygen atoms in total. The minimum atomic E-state index is -0.394. The molecule has 2 saturated heterocycles. The molecule has 128 valence electrons. The number of carbonyl (C=O) groups is 2. The third-order valence-electron chi connectivity index (χ3n) is 1.95. The number of epoxide rings is 2. The van der Waals surface area contributed by atoms with Gasteiger partial charge in [0, 0.05) is 19.3 Å². The van der Waals surface area contributed by atoms with Gasteiger partial charge in [-0.05, 0) is 0 Å². The van der Waals surface area contributed by atoms with Gasteiger partial charge in [-0.15, -0.1) is 0 Å². The Labute approximate surface area is 129 Å². The lowest BCUT2D eigenvalue weighted by Crippen LogP contribution is -2.06. The van der Waals surface area contributed by atoms with Crippen LogP contribution in [0.4, 0.5) is 0 Å². The fraction of sp³-hybridized carbons (Fsp3) is 0.571. The standard InChI is InChI=1S/C6H8O3.C4H6O2.C3H6O2.CH4O/c1-2-6(7)9-4-5-3-8-5;1-3-4(5)6-2;4-1-3-2-5-3;1-2/h2,5H,1,3-4H2;3H,1H2,2H3;3-4H,1-2H2;2H,1H3. The van der Waals surface area contributed by atoms with Gasteiger partial charge in [0.1, 0.15) is 18.8 Å². The maximum absolute atomic E-state index is 10.3. The molecule has 0 spiro atoms. The van der Waals surface area contributed by atoms with Crippen molar-refractivity contribution in [2.45, 2.75) is 12.2 Å². The summed E-state index contributed by atoms with van der Waals surface area (Å²) < 4.78 is 18.2. The van der Waals surface area contributed by atoms with Crippen LogP contribution in [0.1, 0.15) is 0 Å². The fourth-order valence-corrected chi connectivity index (χ4v) is 0.655. The third kappa shape index (κ3) is 18.3. The molecular formula is C14H24O8. The molecule has 0 aromatic rings. The van der Waals surface area contributed by atoms with E-state index in [2.05, 4.69) is 27.4 Å². The molecule has 2 N–H and O–H groups in total. The van der Waals surface area contributed by atoms with Crippen molar-refractivity contribution in [3.05, 3.63) is 25.3 Å². The van der Waals surface area contributed by atoms with Gasteiger partial charge in [-0.25, -0.2) is 9.59 Å². The quantitative estimate of drug-likeness (QED) is 0.393. The highest BCUT2D eigenvalue weighted by Crippen LogP contribution is 2.08. The van der Waals surface area contributed by atoms with Gasteiger partial charge in [0.05, 0.1) is 26.9 Å². The van der Waals surface area contributed by atoms with E-state index in [4.69, 9.17) is 14.9 Å². The predicted molar refractivity (Wildman–Crippen MR) is 78.1 cm³/mol. The summed E-state index contributed by atoms with van der Waals surface area (Å²) in [5.41, 5.74) is 0. The topological polar surface area (TPSA) is 118 Å². The molecule has 8 heteroatoms. The minimum Gasteiger partial charge on any atom is -0.466 e. The first-order valence-electron chi connectivity index (χ1n) is 6.35. The Balaban J connectivity index is 0. The number of aliphatic hydroxyl groups is 2. The van der Waals surface area contributed by atoms with Crippen molar-refractivity contribution in [2.24, 2.45) is 0 Å².